The molecule has 1 aliphatic heterocycles. The summed E-state index contributed by atoms with van der Waals surface area (Å²) in [6.45, 7) is 3.96. The Hall–Kier alpha value is -1.30. The first-order valence-electron chi connectivity index (χ1n) is 7.44. The van der Waals surface area contributed by atoms with E-state index < -0.39 is 5.41 Å². The summed E-state index contributed by atoms with van der Waals surface area (Å²) in [5.74, 6) is 0.815. The summed E-state index contributed by atoms with van der Waals surface area (Å²) < 4.78 is 11.1. The zero-order valence-corrected chi connectivity index (χ0v) is 13.7. The molecule has 22 heavy (non-hydrogen) atoms. The van der Waals surface area contributed by atoms with Crippen molar-refractivity contribution in [3.05, 3.63) is 30.3 Å². The van der Waals surface area contributed by atoms with Crippen molar-refractivity contribution in [2.24, 2.45) is 11.1 Å². The summed E-state index contributed by atoms with van der Waals surface area (Å²) >= 11 is 0. The number of nitrogens with one attached hydrogen (secondary N) is 1. The number of hydrogen-bond acceptors (Lipinski definition) is 4. The number of halogens is 1. The molecule has 0 saturated carbocycles. The van der Waals surface area contributed by atoms with Gasteiger partial charge in [0.1, 0.15) is 11.9 Å². The van der Waals surface area contributed by atoms with Crippen molar-refractivity contribution < 1.29 is 14.3 Å². The van der Waals surface area contributed by atoms with Crippen molar-refractivity contribution in [2.45, 2.75) is 25.9 Å². The maximum atomic E-state index is 12.4. The van der Waals surface area contributed by atoms with Gasteiger partial charge in [0.25, 0.3) is 0 Å². The predicted octanol–water partition coefficient (Wildman–Crippen LogP) is 1.75. The minimum Gasteiger partial charge on any atom is -0.489 e. The quantitative estimate of drug-likeness (QED) is 0.834. The van der Waals surface area contributed by atoms with Gasteiger partial charge >= 0.3 is 0 Å². The van der Waals surface area contributed by atoms with Crippen LogP contribution >= 0.6 is 12.4 Å². The highest BCUT2D eigenvalue weighted by Gasteiger charge is 2.38. The van der Waals surface area contributed by atoms with Crippen LogP contribution in [-0.2, 0) is 9.53 Å². The topological polar surface area (TPSA) is 73.6 Å². The Kier molecular flexibility index (Phi) is 7.65. The number of hydrogen-bond donors (Lipinski definition) is 2. The highest BCUT2D eigenvalue weighted by molar-refractivity contribution is 5.85. The number of ether oxygens (including phenoxy) is 2. The first-order chi connectivity index (χ1) is 10.2. The van der Waals surface area contributed by atoms with Crippen molar-refractivity contribution in [1.82, 2.24) is 5.32 Å². The lowest BCUT2D eigenvalue weighted by Gasteiger charge is -2.34. The van der Waals surface area contributed by atoms with Crippen LogP contribution in [0.1, 0.15) is 19.8 Å². The van der Waals surface area contributed by atoms with Crippen LogP contribution in [-0.4, -0.2) is 38.3 Å². The second-order valence-corrected chi connectivity index (χ2v) is 5.55. The molecule has 0 aromatic heterocycles. The largest absolute Gasteiger partial charge is 0.489 e. The highest BCUT2D eigenvalue weighted by atomic mass is 35.5. The first-order valence-corrected chi connectivity index (χ1v) is 7.44. The smallest absolute Gasteiger partial charge is 0.227 e. The van der Waals surface area contributed by atoms with Gasteiger partial charge in [-0.3, -0.25) is 4.79 Å². The zero-order chi connectivity index (χ0) is 15.1. The lowest BCUT2D eigenvalue weighted by Crippen LogP contribution is -2.50. The number of carbonyl (C=O) groups excluding carboxylic acids is 1. The fourth-order valence-corrected chi connectivity index (χ4v) is 2.48. The molecular formula is C16H25ClN2O3. The Morgan fingerprint density at radius 2 is 2.00 bits per heavy atom. The summed E-state index contributed by atoms with van der Waals surface area (Å²) in [7, 11) is 0. The van der Waals surface area contributed by atoms with Crippen molar-refractivity contribution in [1.29, 1.82) is 0 Å². The molecular weight excluding hydrogens is 304 g/mol. The van der Waals surface area contributed by atoms with E-state index in [2.05, 4.69) is 5.32 Å². The number of carbonyl (C=O) groups is 1. The number of benzene rings is 1. The standard InChI is InChI=1S/C16H24N2O3.ClH/c1-13(21-14-5-3-2-4-6-14)11-18-15(19)16(12-17)7-9-20-10-8-16;/h2-6,13H,7-12,17H2,1H3,(H,18,19);1H. The predicted molar refractivity (Wildman–Crippen MR) is 88.3 cm³/mol. The number of para-hydroxylation sites is 1. The van der Waals surface area contributed by atoms with E-state index in [1.807, 2.05) is 37.3 Å². The van der Waals surface area contributed by atoms with Gasteiger partial charge in [-0.1, -0.05) is 18.2 Å². The molecule has 3 N–H and O–H groups in total. The molecule has 1 saturated heterocycles. The van der Waals surface area contributed by atoms with Gasteiger partial charge in [-0.15, -0.1) is 12.4 Å². The van der Waals surface area contributed by atoms with Crippen LogP contribution in [0.15, 0.2) is 30.3 Å². The van der Waals surface area contributed by atoms with Crippen LogP contribution in [0.25, 0.3) is 0 Å². The Bertz CT molecular complexity index is 450. The average molecular weight is 329 g/mol. The van der Waals surface area contributed by atoms with E-state index in [9.17, 15) is 4.79 Å². The summed E-state index contributed by atoms with van der Waals surface area (Å²) in [4.78, 5) is 12.4. The minimum atomic E-state index is -0.481. The second kappa shape index (κ2) is 8.98. The molecule has 1 fully saturated rings. The lowest BCUT2D eigenvalue weighted by atomic mass is 9.79. The van der Waals surface area contributed by atoms with Gasteiger partial charge < -0.3 is 20.5 Å². The van der Waals surface area contributed by atoms with E-state index >= 15 is 0 Å². The van der Waals surface area contributed by atoms with Crippen molar-refractivity contribution in [2.75, 3.05) is 26.3 Å². The van der Waals surface area contributed by atoms with Crippen LogP contribution in [0.5, 0.6) is 5.75 Å². The molecule has 1 aromatic carbocycles. The highest BCUT2D eigenvalue weighted by Crippen LogP contribution is 2.29. The fraction of sp³-hybridized carbons (Fsp3) is 0.562. The third-order valence-corrected chi connectivity index (χ3v) is 3.95. The molecule has 0 aliphatic carbocycles. The van der Waals surface area contributed by atoms with Gasteiger partial charge in [0.05, 0.1) is 12.0 Å². The summed E-state index contributed by atoms with van der Waals surface area (Å²) in [6.07, 6.45) is 1.28. The van der Waals surface area contributed by atoms with Gasteiger partial charge in [0.15, 0.2) is 0 Å². The Balaban J connectivity index is 0.00000242. The second-order valence-electron chi connectivity index (χ2n) is 5.55. The maximum Gasteiger partial charge on any atom is 0.227 e. The lowest BCUT2D eigenvalue weighted by molar-refractivity contribution is -0.136. The molecule has 1 aliphatic rings. The third kappa shape index (κ3) is 4.87. The maximum absolute atomic E-state index is 12.4. The summed E-state index contributed by atoms with van der Waals surface area (Å²) in [5, 5.41) is 2.96. The van der Waals surface area contributed by atoms with E-state index in [1.54, 1.807) is 0 Å². The molecule has 1 heterocycles. The molecule has 2 rings (SSSR count). The molecule has 6 heteroatoms. The van der Waals surface area contributed by atoms with Gasteiger partial charge in [0, 0.05) is 19.8 Å². The molecule has 124 valence electrons. The van der Waals surface area contributed by atoms with Gasteiger partial charge in [-0.2, -0.15) is 0 Å². The van der Waals surface area contributed by atoms with Crippen LogP contribution in [0.4, 0.5) is 0 Å². The van der Waals surface area contributed by atoms with E-state index in [0.717, 1.165) is 5.75 Å². The monoisotopic (exact) mass is 328 g/mol. The summed E-state index contributed by atoms with van der Waals surface area (Å²) in [5.41, 5.74) is 5.34. The van der Waals surface area contributed by atoms with Crippen LogP contribution in [0.3, 0.4) is 0 Å². The number of nitrogens with two attached hydrogens (primary N) is 1. The molecule has 1 aromatic rings. The Labute approximate surface area is 138 Å². The van der Waals surface area contributed by atoms with Crippen LogP contribution in [0.2, 0.25) is 0 Å². The molecule has 0 radical (unpaired) electrons. The molecule has 1 amide bonds. The fourth-order valence-electron chi connectivity index (χ4n) is 2.48. The number of amides is 1. The van der Waals surface area contributed by atoms with Crippen molar-refractivity contribution in [3.63, 3.8) is 0 Å². The molecule has 1 atom stereocenters. The van der Waals surface area contributed by atoms with E-state index in [4.69, 9.17) is 15.2 Å². The molecule has 5 nitrogen and oxygen atoms in total. The SMILES string of the molecule is CC(CNC(=O)C1(CN)CCOCC1)Oc1ccccc1.Cl. The number of rotatable bonds is 6. The van der Waals surface area contributed by atoms with Gasteiger partial charge in [-0.25, -0.2) is 0 Å². The van der Waals surface area contributed by atoms with E-state index in [-0.39, 0.29) is 24.4 Å². The Morgan fingerprint density at radius 3 is 2.59 bits per heavy atom. The van der Waals surface area contributed by atoms with Crippen molar-refractivity contribution in [3.8, 4) is 5.75 Å². The van der Waals surface area contributed by atoms with Gasteiger partial charge in [0.2, 0.25) is 5.91 Å². The first kappa shape index (κ1) is 18.7. The normalized spacial score (nSPS) is 17.9. The third-order valence-electron chi connectivity index (χ3n) is 3.95. The van der Waals surface area contributed by atoms with Crippen molar-refractivity contribution >= 4 is 18.3 Å². The van der Waals surface area contributed by atoms with Crippen LogP contribution < -0.4 is 15.8 Å². The summed E-state index contributed by atoms with van der Waals surface area (Å²) in [6, 6.07) is 9.59. The van der Waals surface area contributed by atoms with E-state index in [1.165, 1.54) is 0 Å². The molecule has 1 unspecified atom stereocenters. The van der Waals surface area contributed by atoms with Crippen LogP contribution in [0, 0.1) is 5.41 Å². The van der Waals surface area contributed by atoms with E-state index in [0.29, 0.717) is 39.1 Å². The average Bonchev–Trinajstić information content (AvgIpc) is 2.54. The molecule has 0 bridgehead atoms. The minimum absolute atomic E-state index is 0. The molecule has 0 spiro atoms. The Morgan fingerprint density at radius 1 is 1.36 bits per heavy atom. The zero-order valence-electron chi connectivity index (χ0n) is 12.9. The van der Waals surface area contributed by atoms with Gasteiger partial charge in [-0.05, 0) is 31.9 Å².